The molecule has 1 aliphatic heterocycles. The number of piperazine rings is 1. The minimum atomic E-state index is -0.313. The second kappa shape index (κ2) is 4.72. The molecular formula is C12H15FN2O. The summed E-state index contributed by atoms with van der Waals surface area (Å²) >= 11 is 0. The number of nitrogens with one attached hydrogen (secondary N) is 1. The first-order valence-electron chi connectivity index (χ1n) is 5.39. The van der Waals surface area contributed by atoms with Crippen LogP contribution in [0.15, 0.2) is 24.3 Å². The SMILES string of the molecule is CN1CCNCC1C(=O)c1ccc(F)cc1. The number of carbonyl (C=O) groups excluding carboxylic acids is 1. The molecule has 0 bridgehead atoms. The highest BCUT2D eigenvalue weighted by Crippen LogP contribution is 2.10. The molecule has 1 saturated heterocycles. The second-order valence-corrected chi connectivity index (χ2v) is 4.07. The minimum absolute atomic E-state index is 0.0506. The summed E-state index contributed by atoms with van der Waals surface area (Å²) in [5.74, 6) is -0.263. The van der Waals surface area contributed by atoms with Crippen LogP contribution in [0.5, 0.6) is 0 Å². The second-order valence-electron chi connectivity index (χ2n) is 4.07. The minimum Gasteiger partial charge on any atom is -0.313 e. The maximum absolute atomic E-state index is 12.7. The summed E-state index contributed by atoms with van der Waals surface area (Å²) in [6.45, 7) is 2.42. The Labute approximate surface area is 94.3 Å². The van der Waals surface area contributed by atoms with Gasteiger partial charge in [0.2, 0.25) is 0 Å². The van der Waals surface area contributed by atoms with Crippen molar-refractivity contribution in [3.63, 3.8) is 0 Å². The summed E-state index contributed by atoms with van der Waals surface area (Å²) in [6.07, 6.45) is 0. The number of likely N-dealkylation sites (N-methyl/N-ethyl adjacent to an activating group) is 1. The smallest absolute Gasteiger partial charge is 0.181 e. The number of benzene rings is 1. The Morgan fingerprint density at radius 1 is 1.44 bits per heavy atom. The maximum Gasteiger partial charge on any atom is 0.181 e. The van der Waals surface area contributed by atoms with Crippen molar-refractivity contribution in [2.45, 2.75) is 6.04 Å². The predicted octanol–water partition coefficient (Wildman–Crippen LogP) is 0.912. The van der Waals surface area contributed by atoms with Gasteiger partial charge in [0.1, 0.15) is 5.82 Å². The van der Waals surface area contributed by atoms with Gasteiger partial charge < -0.3 is 5.32 Å². The molecule has 1 aliphatic rings. The summed E-state index contributed by atoms with van der Waals surface area (Å²) in [6, 6.07) is 5.59. The van der Waals surface area contributed by atoms with Gasteiger partial charge in [0.25, 0.3) is 0 Å². The van der Waals surface area contributed by atoms with E-state index < -0.39 is 0 Å². The van der Waals surface area contributed by atoms with Crippen LogP contribution in [-0.2, 0) is 0 Å². The highest BCUT2D eigenvalue weighted by Gasteiger charge is 2.26. The summed E-state index contributed by atoms with van der Waals surface area (Å²) in [7, 11) is 1.94. The number of carbonyl (C=O) groups is 1. The molecule has 0 spiro atoms. The Hall–Kier alpha value is -1.26. The molecule has 0 amide bonds. The van der Waals surface area contributed by atoms with E-state index in [-0.39, 0.29) is 17.6 Å². The first-order valence-corrected chi connectivity index (χ1v) is 5.39. The van der Waals surface area contributed by atoms with Crippen LogP contribution < -0.4 is 5.32 Å². The number of ketones is 1. The molecule has 1 atom stereocenters. The topological polar surface area (TPSA) is 32.3 Å². The first kappa shape index (κ1) is 11.2. The van der Waals surface area contributed by atoms with Crippen molar-refractivity contribution in [1.29, 1.82) is 0 Å². The number of nitrogens with zero attached hydrogens (tertiary/aromatic N) is 1. The zero-order valence-corrected chi connectivity index (χ0v) is 9.24. The molecule has 1 aromatic rings. The molecule has 86 valence electrons. The lowest BCUT2D eigenvalue weighted by molar-refractivity contribution is 0.0819. The molecule has 1 heterocycles. The van der Waals surface area contributed by atoms with Crippen LogP contribution in [0.4, 0.5) is 4.39 Å². The monoisotopic (exact) mass is 222 g/mol. The number of halogens is 1. The van der Waals surface area contributed by atoms with Crippen LogP contribution in [0.2, 0.25) is 0 Å². The van der Waals surface area contributed by atoms with Crippen molar-refractivity contribution >= 4 is 5.78 Å². The van der Waals surface area contributed by atoms with E-state index in [4.69, 9.17) is 0 Å². The Bertz CT molecular complexity index is 377. The van der Waals surface area contributed by atoms with Gasteiger partial charge in [0.05, 0.1) is 6.04 Å². The summed E-state index contributed by atoms with van der Waals surface area (Å²) in [4.78, 5) is 14.1. The zero-order valence-electron chi connectivity index (χ0n) is 9.24. The molecule has 16 heavy (non-hydrogen) atoms. The van der Waals surface area contributed by atoms with Crippen LogP contribution in [0.1, 0.15) is 10.4 Å². The van der Waals surface area contributed by atoms with Crippen LogP contribution in [0.3, 0.4) is 0 Å². The molecule has 1 unspecified atom stereocenters. The fourth-order valence-corrected chi connectivity index (χ4v) is 1.91. The molecule has 4 heteroatoms. The van der Waals surface area contributed by atoms with E-state index in [1.165, 1.54) is 12.1 Å². The van der Waals surface area contributed by atoms with E-state index in [1.54, 1.807) is 12.1 Å². The average Bonchev–Trinajstić information content (AvgIpc) is 2.30. The third-order valence-electron chi connectivity index (χ3n) is 2.94. The fourth-order valence-electron chi connectivity index (χ4n) is 1.91. The van der Waals surface area contributed by atoms with Gasteiger partial charge in [-0.15, -0.1) is 0 Å². The number of rotatable bonds is 2. The Balaban J connectivity index is 2.14. The third-order valence-corrected chi connectivity index (χ3v) is 2.94. The van der Waals surface area contributed by atoms with Gasteiger partial charge in [0, 0.05) is 25.2 Å². The van der Waals surface area contributed by atoms with E-state index in [1.807, 2.05) is 11.9 Å². The van der Waals surface area contributed by atoms with Gasteiger partial charge in [-0.2, -0.15) is 0 Å². The average molecular weight is 222 g/mol. The fraction of sp³-hybridized carbons (Fsp3) is 0.417. The molecule has 0 aromatic heterocycles. The van der Waals surface area contributed by atoms with E-state index in [9.17, 15) is 9.18 Å². The molecule has 1 fully saturated rings. The lowest BCUT2D eigenvalue weighted by Gasteiger charge is -2.31. The Morgan fingerprint density at radius 2 is 2.12 bits per heavy atom. The summed E-state index contributed by atoms with van der Waals surface area (Å²) in [5, 5.41) is 3.19. The van der Waals surface area contributed by atoms with Crippen molar-refractivity contribution in [1.82, 2.24) is 10.2 Å². The van der Waals surface area contributed by atoms with Crippen molar-refractivity contribution < 1.29 is 9.18 Å². The number of hydrogen-bond acceptors (Lipinski definition) is 3. The largest absolute Gasteiger partial charge is 0.313 e. The summed E-state index contributed by atoms with van der Waals surface area (Å²) in [5.41, 5.74) is 0.571. The van der Waals surface area contributed by atoms with Gasteiger partial charge in [-0.3, -0.25) is 9.69 Å². The van der Waals surface area contributed by atoms with Gasteiger partial charge in [-0.1, -0.05) is 0 Å². The summed E-state index contributed by atoms with van der Waals surface area (Å²) < 4.78 is 12.7. The standard InChI is InChI=1S/C12H15FN2O/c1-15-7-6-14-8-11(15)12(16)9-2-4-10(13)5-3-9/h2-5,11,14H,6-8H2,1H3. The third kappa shape index (κ3) is 2.28. The molecule has 0 aliphatic carbocycles. The predicted molar refractivity (Wildman–Crippen MR) is 60.0 cm³/mol. The number of Topliss-reactive ketones (excluding diaryl/α,β-unsaturated/α-hetero) is 1. The van der Waals surface area contributed by atoms with E-state index in [2.05, 4.69) is 5.32 Å². The quantitative estimate of drug-likeness (QED) is 0.755. The molecule has 3 nitrogen and oxygen atoms in total. The maximum atomic E-state index is 12.7. The molecular weight excluding hydrogens is 207 g/mol. The highest BCUT2D eigenvalue weighted by molar-refractivity contribution is 6.00. The van der Waals surface area contributed by atoms with Crippen LogP contribution in [0, 0.1) is 5.82 Å². The van der Waals surface area contributed by atoms with Crippen molar-refractivity contribution in [3.8, 4) is 0 Å². The van der Waals surface area contributed by atoms with Crippen LogP contribution in [0.25, 0.3) is 0 Å². The Kier molecular flexibility index (Phi) is 3.31. The van der Waals surface area contributed by atoms with Gasteiger partial charge >= 0.3 is 0 Å². The lowest BCUT2D eigenvalue weighted by atomic mass is 10.0. The van der Waals surface area contributed by atoms with Crippen molar-refractivity contribution in [2.75, 3.05) is 26.7 Å². The zero-order chi connectivity index (χ0) is 11.5. The molecule has 1 N–H and O–H groups in total. The van der Waals surface area contributed by atoms with E-state index >= 15 is 0 Å². The normalized spacial score (nSPS) is 22.0. The molecule has 0 saturated carbocycles. The van der Waals surface area contributed by atoms with Crippen molar-refractivity contribution in [3.05, 3.63) is 35.6 Å². The van der Waals surface area contributed by atoms with Crippen LogP contribution >= 0.6 is 0 Å². The van der Waals surface area contributed by atoms with E-state index in [0.29, 0.717) is 12.1 Å². The van der Waals surface area contributed by atoms with Gasteiger partial charge in [-0.05, 0) is 31.3 Å². The highest BCUT2D eigenvalue weighted by atomic mass is 19.1. The van der Waals surface area contributed by atoms with Crippen LogP contribution in [-0.4, -0.2) is 43.4 Å². The van der Waals surface area contributed by atoms with Crippen molar-refractivity contribution in [2.24, 2.45) is 0 Å². The first-order chi connectivity index (χ1) is 7.68. The van der Waals surface area contributed by atoms with Gasteiger partial charge in [-0.25, -0.2) is 4.39 Å². The molecule has 2 rings (SSSR count). The number of hydrogen-bond donors (Lipinski definition) is 1. The van der Waals surface area contributed by atoms with E-state index in [0.717, 1.165) is 13.1 Å². The van der Waals surface area contributed by atoms with Gasteiger partial charge in [0.15, 0.2) is 5.78 Å². The molecule has 1 aromatic carbocycles. The lowest BCUT2D eigenvalue weighted by Crippen LogP contribution is -2.53. The molecule has 0 radical (unpaired) electrons. The Morgan fingerprint density at radius 3 is 2.75 bits per heavy atom.